The van der Waals surface area contributed by atoms with Crippen LogP contribution in [0.3, 0.4) is 0 Å². The Labute approximate surface area is 95.8 Å². The fraction of sp³-hybridized carbons (Fsp3) is 0.0909. The zero-order valence-corrected chi connectivity index (χ0v) is 8.72. The Kier molecular flexibility index (Phi) is 3.24. The van der Waals surface area contributed by atoms with Gasteiger partial charge in [-0.1, -0.05) is 6.07 Å². The molecule has 0 aliphatic rings. The molecule has 0 bridgehead atoms. The molecule has 17 heavy (non-hydrogen) atoms. The molecule has 2 rings (SSSR count). The summed E-state index contributed by atoms with van der Waals surface area (Å²) in [5.74, 6) is -1.27. The number of aromatic nitrogens is 3. The summed E-state index contributed by atoms with van der Waals surface area (Å²) in [6.45, 7) is -0.702. The van der Waals surface area contributed by atoms with Crippen molar-refractivity contribution in [3.05, 3.63) is 48.1 Å². The summed E-state index contributed by atoms with van der Waals surface area (Å²) < 4.78 is 27.7. The zero-order valence-electron chi connectivity index (χ0n) is 8.72. The normalized spacial score (nSPS) is 11.8. The van der Waals surface area contributed by atoms with Crippen molar-refractivity contribution in [2.45, 2.75) is 0 Å². The fourth-order valence-corrected chi connectivity index (χ4v) is 1.36. The van der Waals surface area contributed by atoms with Gasteiger partial charge < -0.3 is 5.11 Å². The number of aliphatic hydroxyl groups excluding tert-OH is 1. The number of hydrogen-bond donors (Lipinski definition) is 1. The van der Waals surface area contributed by atoms with Gasteiger partial charge in [0, 0.05) is 0 Å². The molecule has 0 fully saturated rings. The number of benzene rings is 1. The van der Waals surface area contributed by atoms with Gasteiger partial charge >= 0.3 is 0 Å². The summed E-state index contributed by atoms with van der Waals surface area (Å²) in [6, 6.07) is 4.14. The summed E-state index contributed by atoms with van der Waals surface area (Å²) in [6.07, 6.45) is 3.72. The van der Waals surface area contributed by atoms with Gasteiger partial charge in [0.2, 0.25) is 0 Å². The Balaban J connectivity index is 2.36. The number of nitrogens with zero attached hydrogens (tertiary/aromatic N) is 3. The second-order valence-electron chi connectivity index (χ2n) is 3.30. The molecule has 1 heterocycles. The highest BCUT2D eigenvalue weighted by Gasteiger charge is 2.05. The molecule has 0 unspecified atom stereocenters. The highest BCUT2D eigenvalue weighted by Crippen LogP contribution is 2.16. The van der Waals surface area contributed by atoms with Gasteiger partial charge in [0.15, 0.2) is 0 Å². The number of hydrogen-bond acceptors (Lipinski definition) is 3. The average molecular weight is 237 g/mol. The minimum atomic E-state index is -0.724. The highest BCUT2D eigenvalue weighted by molar-refractivity contribution is 5.53. The largest absolute Gasteiger partial charge is 0.389 e. The minimum Gasteiger partial charge on any atom is -0.389 e. The monoisotopic (exact) mass is 237 g/mol. The molecule has 1 aromatic carbocycles. The molecule has 2 aromatic rings. The Bertz CT molecular complexity index is 538. The second kappa shape index (κ2) is 4.84. The molecule has 0 aliphatic carbocycles. The van der Waals surface area contributed by atoms with Crippen molar-refractivity contribution in [1.82, 2.24) is 14.8 Å². The van der Waals surface area contributed by atoms with Crippen LogP contribution in [0.4, 0.5) is 8.78 Å². The lowest BCUT2D eigenvalue weighted by Gasteiger charge is -2.03. The molecular formula is C11H9F2N3O. The lowest BCUT2D eigenvalue weighted by Crippen LogP contribution is -1.98. The highest BCUT2D eigenvalue weighted by atomic mass is 19.1. The van der Waals surface area contributed by atoms with Crippen LogP contribution in [-0.4, -0.2) is 26.5 Å². The van der Waals surface area contributed by atoms with Gasteiger partial charge in [-0.2, -0.15) is 5.10 Å². The molecule has 0 atom stereocenters. The lowest BCUT2D eigenvalue weighted by molar-refractivity contribution is 0.300. The van der Waals surface area contributed by atoms with Crippen LogP contribution in [0.25, 0.3) is 11.8 Å². The quantitative estimate of drug-likeness (QED) is 0.884. The van der Waals surface area contributed by atoms with Crippen LogP contribution in [0.5, 0.6) is 0 Å². The van der Waals surface area contributed by atoms with Crippen LogP contribution in [0.1, 0.15) is 5.56 Å². The van der Waals surface area contributed by atoms with Gasteiger partial charge in [-0.3, -0.25) is 0 Å². The van der Waals surface area contributed by atoms with Gasteiger partial charge in [-0.05, 0) is 23.8 Å². The first-order chi connectivity index (χ1) is 8.20. The Morgan fingerprint density at radius 1 is 1.47 bits per heavy atom. The first-order valence-corrected chi connectivity index (χ1v) is 4.82. The van der Waals surface area contributed by atoms with Crippen molar-refractivity contribution in [2.75, 3.05) is 6.61 Å². The molecule has 0 saturated carbocycles. The topological polar surface area (TPSA) is 50.9 Å². The van der Waals surface area contributed by atoms with Crippen molar-refractivity contribution < 1.29 is 13.9 Å². The van der Waals surface area contributed by atoms with E-state index in [1.807, 2.05) is 0 Å². The number of halogens is 2. The Hall–Kier alpha value is -2.08. The van der Waals surface area contributed by atoms with Gasteiger partial charge in [0.05, 0.1) is 6.61 Å². The third-order valence-electron chi connectivity index (χ3n) is 2.11. The Morgan fingerprint density at radius 3 is 2.88 bits per heavy atom. The van der Waals surface area contributed by atoms with Crippen LogP contribution in [0.2, 0.25) is 0 Å². The smallest absolute Gasteiger partial charge is 0.149 e. The van der Waals surface area contributed by atoms with E-state index in [1.165, 1.54) is 29.5 Å². The zero-order chi connectivity index (χ0) is 12.3. The summed E-state index contributed by atoms with van der Waals surface area (Å²) in [4.78, 5) is 3.70. The second-order valence-corrected chi connectivity index (χ2v) is 3.30. The van der Waals surface area contributed by atoms with E-state index in [9.17, 15) is 8.78 Å². The molecule has 0 saturated heterocycles. The van der Waals surface area contributed by atoms with Crippen LogP contribution in [0, 0.1) is 5.82 Å². The molecule has 1 aromatic heterocycles. The molecule has 0 radical (unpaired) electrons. The van der Waals surface area contributed by atoms with E-state index >= 15 is 0 Å². The van der Waals surface area contributed by atoms with Crippen LogP contribution < -0.4 is 0 Å². The van der Waals surface area contributed by atoms with Crippen molar-refractivity contribution in [2.24, 2.45) is 0 Å². The van der Waals surface area contributed by atoms with E-state index in [4.69, 9.17) is 5.11 Å². The lowest BCUT2D eigenvalue weighted by atomic mass is 10.2. The molecular weight excluding hydrogens is 228 g/mol. The number of aliphatic hydroxyl groups is 1. The predicted octanol–water partition coefficient (Wildman–Crippen LogP) is 1.71. The molecule has 0 amide bonds. The van der Waals surface area contributed by atoms with E-state index in [1.54, 1.807) is 0 Å². The first-order valence-electron chi connectivity index (χ1n) is 4.82. The fourth-order valence-electron chi connectivity index (χ4n) is 1.36. The van der Waals surface area contributed by atoms with Crippen LogP contribution in [-0.2, 0) is 0 Å². The van der Waals surface area contributed by atoms with E-state index in [-0.39, 0.29) is 5.69 Å². The van der Waals surface area contributed by atoms with Gasteiger partial charge in [0.1, 0.15) is 30.0 Å². The standard InChI is InChI=1S/C11H9F2N3O/c12-9(5-17)3-8-1-2-11(10(13)4-8)16-7-14-6-15-16/h1-4,6-7,17H,5H2/b9-3-. The molecule has 0 spiro atoms. The van der Waals surface area contributed by atoms with E-state index in [0.29, 0.717) is 5.56 Å². The maximum Gasteiger partial charge on any atom is 0.149 e. The maximum absolute atomic E-state index is 13.7. The van der Waals surface area contributed by atoms with Gasteiger partial charge in [0.25, 0.3) is 0 Å². The first kappa shape index (κ1) is 11.4. The summed E-state index contributed by atoms with van der Waals surface area (Å²) in [5.41, 5.74) is 0.557. The van der Waals surface area contributed by atoms with Crippen molar-refractivity contribution in [3.63, 3.8) is 0 Å². The third-order valence-corrected chi connectivity index (χ3v) is 2.11. The number of rotatable bonds is 3. The maximum atomic E-state index is 13.7. The van der Waals surface area contributed by atoms with E-state index in [2.05, 4.69) is 10.1 Å². The average Bonchev–Trinajstić information content (AvgIpc) is 2.82. The van der Waals surface area contributed by atoms with E-state index in [0.717, 1.165) is 12.1 Å². The van der Waals surface area contributed by atoms with Crippen LogP contribution >= 0.6 is 0 Å². The van der Waals surface area contributed by atoms with Gasteiger partial charge in [-0.15, -0.1) is 0 Å². The summed E-state index contributed by atoms with van der Waals surface area (Å²) in [7, 11) is 0. The van der Waals surface area contributed by atoms with Crippen molar-refractivity contribution in [3.8, 4) is 5.69 Å². The molecule has 4 nitrogen and oxygen atoms in total. The summed E-state index contributed by atoms with van der Waals surface area (Å²) in [5, 5.41) is 12.3. The summed E-state index contributed by atoms with van der Waals surface area (Å²) >= 11 is 0. The molecule has 1 N–H and O–H groups in total. The minimum absolute atomic E-state index is 0.226. The van der Waals surface area contributed by atoms with Crippen molar-refractivity contribution in [1.29, 1.82) is 0 Å². The van der Waals surface area contributed by atoms with Crippen molar-refractivity contribution >= 4 is 6.08 Å². The van der Waals surface area contributed by atoms with Gasteiger partial charge in [-0.25, -0.2) is 18.4 Å². The SMILES string of the molecule is OC/C(F)=C/c1ccc(-n2cncn2)c(F)c1. The predicted molar refractivity (Wildman–Crippen MR) is 57.5 cm³/mol. The molecule has 6 heteroatoms. The van der Waals surface area contributed by atoms with Crippen LogP contribution in [0.15, 0.2) is 36.7 Å². The molecule has 0 aliphatic heterocycles. The molecule has 88 valence electrons. The third kappa shape index (κ3) is 2.54. The Morgan fingerprint density at radius 2 is 2.29 bits per heavy atom. The van der Waals surface area contributed by atoms with E-state index < -0.39 is 18.3 Å².